The zero-order valence-electron chi connectivity index (χ0n) is 13.9. The molecule has 132 valence electrons. The van der Waals surface area contributed by atoms with Gasteiger partial charge in [-0.25, -0.2) is 0 Å². The fourth-order valence-corrected chi connectivity index (χ4v) is 2.79. The van der Waals surface area contributed by atoms with E-state index in [0.717, 1.165) is 0 Å². The van der Waals surface area contributed by atoms with Gasteiger partial charge < -0.3 is 15.0 Å². The molecule has 0 radical (unpaired) electrons. The summed E-state index contributed by atoms with van der Waals surface area (Å²) in [5, 5.41) is 3.48. The van der Waals surface area contributed by atoms with Crippen molar-refractivity contribution < 1.29 is 14.3 Å². The molecule has 0 bridgehead atoms. The summed E-state index contributed by atoms with van der Waals surface area (Å²) in [6.07, 6.45) is 0. The van der Waals surface area contributed by atoms with Crippen LogP contribution in [0.15, 0.2) is 42.5 Å². The Morgan fingerprint density at radius 1 is 1.12 bits per heavy atom. The fraction of sp³-hybridized carbons (Fsp3) is 0.222. The number of halogens is 2. The van der Waals surface area contributed by atoms with Crippen LogP contribution in [0.25, 0.3) is 0 Å². The minimum absolute atomic E-state index is 0.0866. The van der Waals surface area contributed by atoms with E-state index in [9.17, 15) is 9.59 Å². The molecule has 2 rings (SSSR count). The monoisotopic (exact) mass is 380 g/mol. The number of nitrogens with one attached hydrogen (secondary N) is 1. The van der Waals surface area contributed by atoms with Gasteiger partial charge in [0.1, 0.15) is 12.3 Å². The molecule has 1 N–H and O–H groups in total. The van der Waals surface area contributed by atoms with Crippen LogP contribution in [0.5, 0.6) is 5.75 Å². The summed E-state index contributed by atoms with van der Waals surface area (Å²) in [6.45, 7) is 2.08. The second kappa shape index (κ2) is 8.74. The number of carbonyl (C=O) groups is 2. The summed E-state index contributed by atoms with van der Waals surface area (Å²) < 4.78 is 5.12. The van der Waals surface area contributed by atoms with Crippen molar-refractivity contribution in [3.63, 3.8) is 0 Å². The third-order valence-corrected chi connectivity index (χ3v) is 3.90. The number of ether oxygens (including phenoxy) is 1. The Balaban J connectivity index is 2.07. The molecule has 0 aliphatic carbocycles. The molecule has 0 aliphatic rings. The summed E-state index contributed by atoms with van der Waals surface area (Å²) in [6, 6.07) is 11.6. The molecule has 0 fully saturated rings. The Morgan fingerprint density at radius 3 is 2.40 bits per heavy atom. The first kappa shape index (κ1) is 19.1. The Morgan fingerprint density at radius 2 is 1.80 bits per heavy atom. The van der Waals surface area contributed by atoms with Crippen LogP contribution >= 0.6 is 23.2 Å². The molecule has 0 aliphatic heterocycles. The molecule has 0 atom stereocenters. The Bertz CT molecular complexity index is 760. The Hall–Kier alpha value is -2.24. The summed E-state index contributed by atoms with van der Waals surface area (Å²) in [5.41, 5.74) is 0.937. The van der Waals surface area contributed by atoms with E-state index < -0.39 is 0 Å². The largest absolute Gasteiger partial charge is 0.497 e. The molecule has 0 spiro atoms. The summed E-state index contributed by atoms with van der Waals surface area (Å²) in [7, 11) is 1.55. The first-order valence-corrected chi connectivity index (χ1v) is 8.37. The highest BCUT2D eigenvalue weighted by Gasteiger charge is 2.18. The van der Waals surface area contributed by atoms with Crippen molar-refractivity contribution in [2.24, 2.45) is 0 Å². The second-order valence-electron chi connectivity index (χ2n) is 5.26. The van der Waals surface area contributed by atoms with E-state index in [-0.39, 0.29) is 18.4 Å². The average Bonchev–Trinajstić information content (AvgIpc) is 2.58. The van der Waals surface area contributed by atoms with E-state index in [2.05, 4.69) is 5.32 Å². The minimum atomic E-state index is -0.312. The van der Waals surface area contributed by atoms with Gasteiger partial charge in [-0.1, -0.05) is 29.3 Å². The predicted molar refractivity (Wildman–Crippen MR) is 99.7 cm³/mol. The molecule has 0 heterocycles. The molecule has 0 aromatic heterocycles. The zero-order valence-corrected chi connectivity index (χ0v) is 15.4. The topological polar surface area (TPSA) is 58.6 Å². The third kappa shape index (κ3) is 5.37. The normalized spacial score (nSPS) is 10.2. The van der Waals surface area contributed by atoms with E-state index in [4.69, 9.17) is 27.9 Å². The second-order valence-corrected chi connectivity index (χ2v) is 6.13. The summed E-state index contributed by atoms with van der Waals surface area (Å²) in [5.74, 6) is 0.0130. The van der Waals surface area contributed by atoms with Gasteiger partial charge in [0.05, 0.1) is 7.11 Å². The van der Waals surface area contributed by atoms with Gasteiger partial charge >= 0.3 is 0 Å². The average molecular weight is 381 g/mol. The van der Waals surface area contributed by atoms with Crippen molar-refractivity contribution in [2.45, 2.75) is 6.92 Å². The molecule has 2 amide bonds. The first-order valence-electron chi connectivity index (χ1n) is 7.62. The molecule has 7 heteroatoms. The molecule has 0 saturated heterocycles. The lowest BCUT2D eigenvalue weighted by Crippen LogP contribution is -2.37. The van der Waals surface area contributed by atoms with Gasteiger partial charge in [-0.3, -0.25) is 9.59 Å². The molecule has 0 saturated carbocycles. The van der Waals surface area contributed by atoms with Crippen LogP contribution in [0, 0.1) is 0 Å². The van der Waals surface area contributed by atoms with Gasteiger partial charge in [0.2, 0.25) is 5.91 Å². The van der Waals surface area contributed by atoms with Gasteiger partial charge in [0.15, 0.2) is 0 Å². The number of amides is 2. The molecular formula is C18H18Cl2N2O3. The number of carbonyl (C=O) groups excluding carboxylic acids is 2. The lowest BCUT2D eigenvalue weighted by Gasteiger charge is -2.20. The van der Waals surface area contributed by atoms with Crippen molar-refractivity contribution >= 4 is 40.7 Å². The maximum absolute atomic E-state index is 12.6. The van der Waals surface area contributed by atoms with E-state index in [1.165, 1.54) is 17.0 Å². The number of hydrogen-bond acceptors (Lipinski definition) is 3. The van der Waals surface area contributed by atoms with Gasteiger partial charge in [-0.2, -0.15) is 0 Å². The molecule has 25 heavy (non-hydrogen) atoms. The van der Waals surface area contributed by atoms with Gasteiger partial charge in [0, 0.05) is 33.9 Å². The Labute approximate surface area is 156 Å². The highest BCUT2D eigenvalue weighted by molar-refractivity contribution is 6.35. The molecule has 5 nitrogen and oxygen atoms in total. The quantitative estimate of drug-likeness (QED) is 0.820. The van der Waals surface area contributed by atoms with Gasteiger partial charge in [-0.05, 0) is 37.3 Å². The molecular weight excluding hydrogens is 363 g/mol. The number of benzene rings is 2. The minimum Gasteiger partial charge on any atom is -0.497 e. The highest BCUT2D eigenvalue weighted by Crippen LogP contribution is 2.20. The number of likely N-dealkylation sites (N-methyl/N-ethyl adjacent to an activating group) is 1. The van der Waals surface area contributed by atoms with Crippen LogP contribution < -0.4 is 10.1 Å². The standard InChI is InChI=1S/C18H18Cl2N2O3/c1-3-22(18(24)12-7-13(19)9-14(20)8-12)11-17(23)21-15-5-4-6-16(10-15)25-2/h4-10H,3,11H2,1-2H3,(H,21,23). The number of methoxy groups -OCH3 is 1. The van der Waals surface area contributed by atoms with Crippen molar-refractivity contribution in [3.05, 3.63) is 58.1 Å². The van der Waals surface area contributed by atoms with Crippen LogP contribution in [0.3, 0.4) is 0 Å². The smallest absolute Gasteiger partial charge is 0.254 e. The highest BCUT2D eigenvalue weighted by atomic mass is 35.5. The van der Waals surface area contributed by atoms with E-state index in [1.807, 2.05) is 0 Å². The van der Waals surface area contributed by atoms with E-state index >= 15 is 0 Å². The van der Waals surface area contributed by atoms with Crippen molar-refractivity contribution in [2.75, 3.05) is 25.5 Å². The molecule has 2 aromatic carbocycles. The maximum Gasteiger partial charge on any atom is 0.254 e. The van der Waals surface area contributed by atoms with Gasteiger partial charge in [0.25, 0.3) is 5.91 Å². The van der Waals surface area contributed by atoms with Crippen molar-refractivity contribution in [1.29, 1.82) is 0 Å². The van der Waals surface area contributed by atoms with E-state index in [1.54, 1.807) is 44.4 Å². The van der Waals surface area contributed by atoms with Crippen LogP contribution in [0.2, 0.25) is 10.0 Å². The molecule has 2 aromatic rings. The van der Waals surface area contributed by atoms with Crippen molar-refractivity contribution in [3.8, 4) is 5.75 Å². The Kier molecular flexibility index (Phi) is 6.67. The number of rotatable bonds is 6. The molecule has 0 unspecified atom stereocenters. The first-order chi connectivity index (χ1) is 11.9. The third-order valence-electron chi connectivity index (χ3n) is 3.47. The summed E-state index contributed by atoms with van der Waals surface area (Å²) >= 11 is 11.9. The number of anilines is 1. The number of nitrogens with zero attached hydrogens (tertiary/aromatic N) is 1. The van der Waals surface area contributed by atoms with Gasteiger partial charge in [-0.15, -0.1) is 0 Å². The maximum atomic E-state index is 12.6. The fourth-order valence-electron chi connectivity index (χ4n) is 2.26. The number of hydrogen-bond donors (Lipinski definition) is 1. The van der Waals surface area contributed by atoms with Crippen LogP contribution in [-0.4, -0.2) is 36.9 Å². The lowest BCUT2D eigenvalue weighted by atomic mass is 10.2. The van der Waals surface area contributed by atoms with Crippen LogP contribution in [-0.2, 0) is 4.79 Å². The zero-order chi connectivity index (χ0) is 18.4. The van der Waals surface area contributed by atoms with Crippen LogP contribution in [0.4, 0.5) is 5.69 Å². The van der Waals surface area contributed by atoms with Crippen LogP contribution in [0.1, 0.15) is 17.3 Å². The van der Waals surface area contributed by atoms with Crippen molar-refractivity contribution in [1.82, 2.24) is 4.90 Å². The lowest BCUT2D eigenvalue weighted by molar-refractivity contribution is -0.116. The van der Waals surface area contributed by atoms with E-state index in [0.29, 0.717) is 33.6 Å². The summed E-state index contributed by atoms with van der Waals surface area (Å²) in [4.78, 5) is 26.2. The predicted octanol–water partition coefficient (Wildman–Crippen LogP) is 4.10. The SMILES string of the molecule is CCN(CC(=O)Nc1cccc(OC)c1)C(=O)c1cc(Cl)cc(Cl)c1.